The van der Waals surface area contributed by atoms with E-state index in [0.29, 0.717) is 11.1 Å². The molecule has 2 aromatic heterocycles. The van der Waals surface area contributed by atoms with Gasteiger partial charge in [-0.25, -0.2) is 4.57 Å². The maximum absolute atomic E-state index is 9.16. The fraction of sp³-hybridized carbons (Fsp3) is 0.393. The number of aromatic nitrogens is 1. The summed E-state index contributed by atoms with van der Waals surface area (Å²) in [5, 5.41) is 2.06. The smallest absolute Gasteiger partial charge is 0.216 e. The molecule has 0 unspecified atom stereocenters. The molecule has 0 amide bonds. The summed E-state index contributed by atoms with van der Waals surface area (Å²) in [5.74, 6) is -1.61. The van der Waals surface area contributed by atoms with Crippen molar-refractivity contribution in [3.8, 4) is 11.3 Å². The molecule has 4 aromatic rings. The summed E-state index contributed by atoms with van der Waals surface area (Å²) in [5.41, 5.74) is 4.46. The van der Waals surface area contributed by atoms with Crippen molar-refractivity contribution in [1.29, 1.82) is 0 Å². The van der Waals surface area contributed by atoms with Crippen LogP contribution in [0.5, 0.6) is 0 Å². The fourth-order valence-electron chi connectivity index (χ4n) is 4.11. The van der Waals surface area contributed by atoms with E-state index in [1.165, 1.54) is 0 Å². The zero-order valence-corrected chi connectivity index (χ0v) is 21.0. The summed E-state index contributed by atoms with van der Waals surface area (Å²) in [4.78, 5) is 0. The van der Waals surface area contributed by atoms with Crippen LogP contribution in [0.1, 0.15) is 42.9 Å². The van der Waals surface area contributed by atoms with Crippen LogP contribution in [0.3, 0.4) is 0 Å². The van der Waals surface area contributed by atoms with Crippen molar-refractivity contribution in [1.82, 2.24) is 0 Å². The van der Waals surface area contributed by atoms with Gasteiger partial charge in [-0.15, -0.1) is 0 Å². The van der Waals surface area contributed by atoms with Gasteiger partial charge in [-0.3, -0.25) is 0 Å². The lowest BCUT2D eigenvalue weighted by atomic mass is 9.86. The average Bonchev–Trinajstić information content (AvgIpc) is 3.10. The standard InChI is InChI=1S/C28H36NOSi/c1-19-13-14-23-22-11-9-10-12-25(22)30-27(23)26(19)24-15-20(16-28(2,3)4)21(17-29(24)5)18-31(6,7)8/h9-15,17H,16,18H2,1-8H3/q+1/i16D2,18D2. The van der Waals surface area contributed by atoms with Crippen LogP contribution in [0.15, 0.2) is 53.1 Å². The van der Waals surface area contributed by atoms with E-state index in [4.69, 9.17) is 9.90 Å². The van der Waals surface area contributed by atoms with Gasteiger partial charge in [0, 0.05) is 36.0 Å². The summed E-state index contributed by atoms with van der Waals surface area (Å²) in [6.45, 7) is 13.6. The Balaban J connectivity index is 2.12. The maximum Gasteiger partial charge on any atom is 0.216 e. The van der Waals surface area contributed by atoms with Crippen LogP contribution in [0.4, 0.5) is 0 Å². The fourth-order valence-corrected chi connectivity index (χ4v) is 5.12. The van der Waals surface area contributed by atoms with E-state index in [2.05, 4.69) is 18.2 Å². The number of nitrogens with zero attached hydrogens (tertiary/aromatic N) is 1. The van der Waals surface area contributed by atoms with Crippen molar-refractivity contribution in [2.24, 2.45) is 12.5 Å². The Hall–Kier alpha value is -2.39. The summed E-state index contributed by atoms with van der Waals surface area (Å²) in [6.07, 6.45) is 0.0570. The molecule has 0 radical (unpaired) electrons. The Kier molecular flexibility index (Phi) is 4.23. The van der Waals surface area contributed by atoms with E-state index >= 15 is 0 Å². The summed E-state index contributed by atoms with van der Waals surface area (Å²) < 4.78 is 44.8. The van der Waals surface area contributed by atoms with Crippen molar-refractivity contribution in [3.63, 3.8) is 0 Å². The van der Waals surface area contributed by atoms with E-state index in [0.717, 1.165) is 38.8 Å². The molecule has 3 heteroatoms. The number of hydrogen-bond donors (Lipinski definition) is 0. The highest BCUT2D eigenvalue weighted by molar-refractivity contribution is 6.75. The van der Waals surface area contributed by atoms with Crippen LogP contribution in [0.2, 0.25) is 19.6 Å². The Morgan fingerprint density at radius 2 is 1.71 bits per heavy atom. The minimum absolute atomic E-state index is 0.415. The Bertz CT molecular complexity index is 1440. The number of aryl methyl sites for hydroxylation is 2. The van der Waals surface area contributed by atoms with Gasteiger partial charge in [0.1, 0.15) is 18.2 Å². The van der Waals surface area contributed by atoms with E-state index in [1.54, 1.807) is 0 Å². The Labute approximate surface area is 193 Å². The molecule has 0 spiro atoms. The lowest BCUT2D eigenvalue weighted by Crippen LogP contribution is -2.35. The van der Waals surface area contributed by atoms with Gasteiger partial charge in [0.05, 0.1) is 5.56 Å². The first-order valence-corrected chi connectivity index (χ1v) is 14.4. The number of benzene rings is 2. The van der Waals surface area contributed by atoms with E-state index in [1.807, 2.05) is 89.4 Å². The van der Waals surface area contributed by atoms with Crippen molar-refractivity contribution < 1.29 is 14.5 Å². The largest absolute Gasteiger partial charge is 0.455 e. The second-order valence-corrected chi connectivity index (χ2v) is 15.3. The van der Waals surface area contributed by atoms with Gasteiger partial charge in [0.15, 0.2) is 6.20 Å². The summed E-state index contributed by atoms with van der Waals surface area (Å²) >= 11 is 0. The molecular formula is C28H36NOSi+. The summed E-state index contributed by atoms with van der Waals surface area (Å²) in [6, 6.07) is 14.0. The number of fused-ring (bicyclic) bond motifs is 3. The SMILES string of the molecule is [2H]C([2H])(c1cc(-c2c(C)ccc3c2oc2ccccc23)[n+](C)cc1C([2H])([2H])[Si](C)(C)C)C(C)(C)C. The highest BCUT2D eigenvalue weighted by Gasteiger charge is 2.26. The van der Waals surface area contributed by atoms with Gasteiger partial charge < -0.3 is 4.42 Å². The average molecular weight is 435 g/mol. The van der Waals surface area contributed by atoms with Crippen LogP contribution in [0, 0.1) is 12.3 Å². The molecule has 0 saturated carbocycles. The van der Waals surface area contributed by atoms with Crippen LogP contribution < -0.4 is 4.57 Å². The second-order valence-electron chi connectivity index (χ2n) is 10.6. The molecule has 2 nitrogen and oxygen atoms in total. The van der Waals surface area contributed by atoms with Gasteiger partial charge in [-0.2, -0.15) is 0 Å². The molecule has 0 aliphatic carbocycles. The lowest BCUT2D eigenvalue weighted by molar-refractivity contribution is -0.660. The van der Waals surface area contributed by atoms with Crippen LogP contribution in [0.25, 0.3) is 33.2 Å². The van der Waals surface area contributed by atoms with Crippen LogP contribution >= 0.6 is 0 Å². The Morgan fingerprint density at radius 3 is 2.39 bits per heavy atom. The normalized spacial score (nSPS) is 15.6. The topological polar surface area (TPSA) is 17.0 Å². The van der Waals surface area contributed by atoms with E-state index in [-0.39, 0.29) is 0 Å². The molecule has 2 aromatic carbocycles. The first-order valence-electron chi connectivity index (χ1n) is 12.9. The molecule has 0 aliphatic rings. The maximum atomic E-state index is 9.16. The predicted molar refractivity (Wildman–Crippen MR) is 135 cm³/mol. The van der Waals surface area contributed by atoms with Gasteiger partial charge in [-0.1, -0.05) is 70.7 Å². The number of para-hydroxylation sites is 1. The monoisotopic (exact) mass is 434 g/mol. The van der Waals surface area contributed by atoms with Crippen LogP contribution in [-0.2, 0) is 19.4 Å². The third-order valence-corrected chi connectivity index (χ3v) is 6.32. The molecule has 4 rings (SSSR count). The van der Waals surface area contributed by atoms with Gasteiger partial charge in [-0.05, 0) is 41.9 Å². The highest BCUT2D eigenvalue weighted by atomic mass is 28.3. The van der Waals surface area contributed by atoms with Gasteiger partial charge >= 0.3 is 0 Å². The van der Waals surface area contributed by atoms with Crippen molar-refractivity contribution in [2.75, 3.05) is 0 Å². The molecule has 0 fully saturated rings. The molecule has 31 heavy (non-hydrogen) atoms. The molecule has 0 aliphatic heterocycles. The van der Waals surface area contributed by atoms with Crippen molar-refractivity contribution in [3.05, 3.63) is 65.4 Å². The zero-order chi connectivity index (χ0) is 26.1. The predicted octanol–water partition coefficient (Wildman–Crippen LogP) is 7.39. The summed E-state index contributed by atoms with van der Waals surface area (Å²) in [7, 11) is -0.443. The second kappa shape index (κ2) is 7.63. The third-order valence-electron chi connectivity index (χ3n) is 5.30. The van der Waals surface area contributed by atoms with E-state index < -0.39 is 25.9 Å². The lowest BCUT2D eigenvalue weighted by Gasteiger charge is -2.23. The highest BCUT2D eigenvalue weighted by Crippen LogP contribution is 2.37. The van der Waals surface area contributed by atoms with Crippen molar-refractivity contribution >= 4 is 30.0 Å². The van der Waals surface area contributed by atoms with E-state index in [9.17, 15) is 0 Å². The third kappa shape index (κ3) is 4.47. The molecule has 2 heterocycles. The number of hydrogen-bond acceptors (Lipinski definition) is 1. The number of furan rings is 1. The molecule has 0 saturated heterocycles. The first kappa shape index (κ1) is 17.2. The Morgan fingerprint density at radius 1 is 1.00 bits per heavy atom. The van der Waals surface area contributed by atoms with Crippen LogP contribution in [-0.4, -0.2) is 8.07 Å². The molecule has 0 bridgehead atoms. The van der Waals surface area contributed by atoms with Gasteiger partial charge in [0.2, 0.25) is 5.69 Å². The number of rotatable bonds is 4. The minimum atomic E-state index is -2.36. The van der Waals surface area contributed by atoms with Crippen molar-refractivity contribution in [2.45, 2.75) is 59.7 Å². The number of pyridine rings is 1. The zero-order valence-electron chi connectivity index (χ0n) is 24.0. The molecule has 162 valence electrons. The van der Waals surface area contributed by atoms with Gasteiger partial charge in [0.25, 0.3) is 0 Å². The first-order chi connectivity index (χ1) is 16.0. The minimum Gasteiger partial charge on any atom is -0.455 e. The molecule has 0 atom stereocenters. The quantitative estimate of drug-likeness (QED) is 0.242. The molecule has 0 N–H and O–H groups in total. The molecular weight excluding hydrogens is 394 g/mol.